The molecule has 0 amide bonds. The van der Waals surface area contributed by atoms with Gasteiger partial charge < -0.3 is 11.5 Å². The van der Waals surface area contributed by atoms with Gasteiger partial charge in [0.2, 0.25) is 0 Å². The van der Waals surface area contributed by atoms with Crippen molar-refractivity contribution in [3.63, 3.8) is 0 Å². The summed E-state index contributed by atoms with van der Waals surface area (Å²) >= 11 is 0. The Balaban J connectivity index is 1.76. The summed E-state index contributed by atoms with van der Waals surface area (Å²) in [6.45, 7) is 2.30. The van der Waals surface area contributed by atoms with Crippen molar-refractivity contribution >= 4 is 32.9 Å². The van der Waals surface area contributed by atoms with Crippen molar-refractivity contribution in [2.75, 3.05) is 11.5 Å². The third kappa shape index (κ3) is 2.98. The second kappa shape index (κ2) is 6.93. The van der Waals surface area contributed by atoms with Crippen LogP contribution in [-0.4, -0.2) is 0 Å². The Morgan fingerprint density at radius 2 is 0.900 bits per heavy atom. The molecule has 5 aromatic carbocycles. The molecule has 2 heteroatoms. The van der Waals surface area contributed by atoms with Crippen LogP contribution < -0.4 is 11.5 Å². The molecule has 0 saturated heterocycles. The standard InChI is InChI=1S/C28H24N2/c1-28(23-5-3-2-4-6-23,24-11-7-21-17-26(29)13-9-19(21)15-24)25-12-8-22-18-27(30)14-10-20(22)16-25/h2-18H,29-30H2,1H3. The maximum absolute atomic E-state index is 5.98. The van der Waals surface area contributed by atoms with Gasteiger partial charge in [-0.15, -0.1) is 0 Å². The van der Waals surface area contributed by atoms with Crippen molar-refractivity contribution < 1.29 is 0 Å². The van der Waals surface area contributed by atoms with Gasteiger partial charge in [0.15, 0.2) is 0 Å². The van der Waals surface area contributed by atoms with Crippen LogP contribution >= 0.6 is 0 Å². The summed E-state index contributed by atoms with van der Waals surface area (Å²) < 4.78 is 0. The molecule has 5 rings (SSSR count). The van der Waals surface area contributed by atoms with E-state index in [1.54, 1.807) is 0 Å². The molecule has 0 fully saturated rings. The van der Waals surface area contributed by atoms with Crippen LogP contribution in [0.1, 0.15) is 23.6 Å². The second-order valence-corrected chi connectivity index (χ2v) is 8.13. The lowest BCUT2D eigenvalue weighted by atomic mass is 9.70. The van der Waals surface area contributed by atoms with Gasteiger partial charge >= 0.3 is 0 Å². The SMILES string of the molecule is CC(c1ccccc1)(c1ccc2cc(N)ccc2c1)c1ccc2cc(N)ccc2c1. The van der Waals surface area contributed by atoms with Crippen LogP contribution in [0.2, 0.25) is 0 Å². The number of hydrogen-bond acceptors (Lipinski definition) is 2. The molecule has 0 aliphatic rings. The van der Waals surface area contributed by atoms with E-state index >= 15 is 0 Å². The molecule has 0 aromatic heterocycles. The molecule has 0 aliphatic heterocycles. The Kier molecular flexibility index (Phi) is 4.22. The first kappa shape index (κ1) is 18.3. The quantitative estimate of drug-likeness (QED) is 0.273. The molecule has 30 heavy (non-hydrogen) atoms. The molecule has 0 bridgehead atoms. The lowest BCUT2D eigenvalue weighted by molar-refractivity contribution is 0.695. The van der Waals surface area contributed by atoms with Gasteiger partial charge in [0, 0.05) is 16.8 Å². The highest BCUT2D eigenvalue weighted by Gasteiger charge is 2.31. The molecule has 4 N–H and O–H groups in total. The number of nitrogens with two attached hydrogens (primary N) is 2. The first-order valence-electron chi connectivity index (χ1n) is 10.2. The van der Waals surface area contributed by atoms with Crippen LogP contribution in [-0.2, 0) is 5.41 Å². The van der Waals surface area contributed by atoms with Crippen molar-refractivity contribution in [2.45, 2.75) is 12.3 Å². The number of fused-ring (bicyclic) bond motifs is 2. The van der Waals surface area contributed by atoms with E-state index in [-0.39, 0.29) is 5.41 Å². The van der Waals surface area contributed by atoms with Gasteiger partial charge in [-0.3, -0.25) is 0 Å². The van der Waals surface area contributed by atoms with E-state index in [1.807, 2.05) is 24.3 Å². The van der Waals surface area contributed by atoms with Gasteiger partial charge in [0.1, 0.15) is 0 Å². The summed E-state index contributed by atoms with van der Waals surface area (Å²) in [6.07, 6.45) is 0. The van der Waals surface area contributed by atoms with E-state index in [4.69, 9.17) is 11.5 Å². The zero-order chi connectivity index (χ0) is 20.7. The summed E-state index contributed by atoms with van der Waals surface area (Å²) in [7, 11) is 0. The predicted molar refractivity (Wildman–Crippen MR) is 129 cm³/mol. The second-order valence-electron chi connectivity index (χ2n) is 8.13. The van der Waals surface area contributed by atoms with Gasteiger partial charge in [-0.1, -0.05) is 66.7 Å². The Bertz CT molecular complexity index is 1280. The van der Waals surface area contributed by atoms with Crippen molar-refractivity contribution in [1.82, 2.24) is 0 Å². The first-order chi connectivity index (χ1) is 14.5. The summed E-state index contributed by atoms with van der Waals surface area (Å²) in [6, 6.07) is 36.2. The predicted octanol–water partition coefficient (Wildman–Crippen LogP) is 6.51. The highest BCUT2D eigenvalue weighted by Crippen LogP contribution is 2.41. The van der Waals surface area contributed by atoms with Crippen LogP contribution in [0, 0.1) is 0 Å². The maximum Gasteiger partial charge on any atom is 0.0423 e. The molecule has 0 atom stereocenters. The third-order valence-corrected chi connectivity index (χ3v) is 6.23. The van der Waals surface area contributed by atoms with Crippen molar-refractivity contribution in [3.05, 3.63) is 120 Å². The summed E-state index contributed by atoms with van der Waals surface area (Å²) in [4.78, 5) is 0. The topological polar surface area (TPSA) is 52.0 Å². The number of nitrogen functional groups attached to an aromatic ring is 2. The van der Waals surface area contributed by atoms with Crippen LogP contribution in [0.15, 0.2) is 103 Å². The van der Waals surface area contributed by atoms with Crippen molar-refractivity contribution in [1.29, 1.82) is 0 Å². The van der Waals surface area contributed by atoms with Crippen molar-refractivity contribution in [3.8, 4) is 0 Å². The number of anilines is 2. The molecule has 5 aromatic rings. The molecule has 0 saturated carbocycles. The Hall–Kier alpha value is -3.78. The van der Waals surface area contributed by atoms with Gasteiger partial charge in [-0.25, -0.2) is 0 Å². The number of hydrogen-bond donors (Lipinski definition) is 2. The van der Waals surface area contributed by atoms with E-state index in [1.165, 1.54) is 27.5 Å². The molecule has 0 spiro atoms. The molecule has 0 radical (unpaired) electrons. The highest BCUT2D eigenvalue weighted by molar-refractivity contribution is 5.88. The average molecular weight is 389 g/mol. The lowest BCUT2D eigenvalue weighted by Gasteiger charge is -2.32. The molecule has 0 aliphatic carbocycles. The maximum atomic E-state index is 5.98. The van der Waals surface area contributed by atoms with Crippen molar-refractivity contribution in [2.24, 2.45) is 0 Å². The smallest absolute Gasteiger partial charge is 0.0423 e. The van der Waals surface area contributed by atoms with E-state index in [0.717, 1.165) is 22.1 Å². The Morgan fingerprint density at radius 3 is 1.40 bits per heavy atom. The fourth-order valence-electron chi connectivity index (χ4n) is 4.42. The molecule has 2 nitrogen and oxygen atoms in total. The van der Waals surface area contributed by atoms with E-state index in [0.29, 0.717) is 0 Å². The summed E-state index contributed by atoms with van der Waals surface area (Å²) in [5.74, 6) is 0. The van der Waals surface area contributed by atoms with E-state index in [2.05, 4.69) is 85.8 Å². The van der Waals surface area contributed by atoms with E-state index < -0.39 is 0 Å². The van der Waals surface area contributed by atoms with Gasteiger partial charge in [-0.05, 0) is 81.6 Å². The van der Waals surface area contributed by atoms with E-state index in [9.17, 15) is 0 Å². The van der Waals surface area contributed by atoms with Crippen LogP contribution in [0.25, 0.3) is 21.5 Å². The van der Waals surface area contributed by atoms with Gasteiger partial charge in [-0.2, -0.15) is 0 Å². The molecule has 0 unspecified atom stereocenters. The van der Waals surface area contributed by atoms with Crippen LogP contribution in [0.4, 0.5) is 11.4 Å². The zero-order valence-electron chi connectivity index (χ0n) is 17.0. The molecular formula is C28H24N2. The fraction of sp³-hybridized carbons (Fsp3) is 0.0714. The third-order valence-electron chi connectivity index (χ3n) is 6.23. The summed E-state index contributed by atoms with van der Waals surface area (Å²) in [5.41, 5.74) is 17.0. The monoisotopic (exact) mass is 388 g/mol. The minimum absolute atomic E-state index is 0.299. The summed E-state index contributed by atoms with van der Waals surface area (Å²) in [5, 5.41) is 4.70. The minimum Gasteiger partial charge on any atom is -0.399 e. The Morgan fingerprint density at radius 1 is 0.467 bits per heavy atom. The zero-order valence-corrected chi connectivity index (χ0v) is 17.0. The number of rotatable bonds is 3. The van der Waals surface area contributed by atoms with Gasteiger partial charge in [0.25, 0.3) is 0 Å². The molecule has 146 valence electrons. The normalized spacial score (nSPS) is 11.8. The molecular weight excluding hydrogens is 364 g/mol. The van der Waals surface area contributed by atoms with Crippen LogP contribution in [0.5, 0.6) is 0 Å². The Labute approximate surface area is 176 Å². The fourth-order valence-corrected chi connectivity index (χ4v) is 4.42. The van der Waals surface area contributed by atoms with Crippen LogP contribution in [0.3, 0.4) is 0 Å². The largest absolute Gasteiger partial charge is 0.399 e. The first-order valence-corrected chi connectivity index (χ1v) is 10.2. The molecule has 0 heterocycles. The van der Waals surface area contributed by atoms with Gasteiger partial charge in [0.05, 0.1) is 0 Å². The average Bonchev–Trinajstić information content (AvgIpc) is 2.78. The highest BCUT2D eigenvalue weighted by atomic mass is 14.5. The lowest BCUT2D eigenvalue weighted by Crippen LogP contribution is -2.25. The minimum atomic E-state index is -0.299. The number of benzene rings is 5.